The molecule has 1 heterocycles. The van der Waals surface area contributed by atoms with Crippen molar-refractivity contribution >= 4 is 39.3 Å². The summed E-state index contributed by atoms with van der Waals surface area (Å²) in [4.78, 5) is 0. The third-order valence-electron chi connectivity index (χ3n) is 3.37. The lowest BCUT2D eigenvalue weighted by atomic mass is 10.2. The van der Waals surface area contributed by atoms with Gasteiger partial charge in [0, 0.05) is 27.4 Å². The molecule has 2 aromatic carbocycles. The van der Waals surface area contributed by atoms with Gasteiger partial charge in [0.1, 0.15) is 0 Å². The molecular weight excluding hydrogens is 394 g/mol. The second kappa shape index (κ2) is 7.51. The van der Waals surface area contributed by atoms with E-state index in [2.05, 4.69) is 49.8 Å². The third-order valence-corrected chi connectivity index (χ3v) is 5.14. The van der Waals surface area contributed by atoms with Gasteiger partial charge in [-0.25, -0.2) is 0 Å². The number of rotatable bonds is 5. The molecule has 0 saturated carbocycles. The molecule has 6 heteroatoms. The Labute approximate surface area is 153 Å². The van der Waals surface area contributed by atoms with E-state index in [0.717, 1.165) is 33.3 Å². The van der Waals surface area contributed by atoms with Crippen LogP contribution in [-0.2, 0) is 12.3 Å². The summed E-state index contributed by atoms with van der Waals surface area (Å²) in [5, 5.41) is 10.3. The van der Waals surface area contributed by atoms with Crippen LogP contribution in [0.15, 0.2) is 58.2 Å². The Morgan fingerprint density at radius 1 is 1.13 bits per heavy atom. The van der Waals surface area contributed by atoms with Gasteiger partial charge >= 0.3 is 0 Å². The fourth-order valence-electron chi connectivity index (χ4n) is 2.30. The summed E-state index contributed by atoms with van der Waals surface area (Å²) in [5.74, 6) is 1.71. The minimum atomic E-state index is 0.705. The van der Waals surface area contributed by atoms with Crippen LogP contribution in [0, 0.1) is 0 Å². The first-order valence-corrected chi connectivity index (χ1v) is 9.39. The Kier molecular flexibility index (Phi) is 5.41. The van der Waals surface area contributed by atoms with Crippen LogP contribution in [-0.4, -0.2) is 14.8 Å². The number of hydrogen-bond acceptors (Lipinski definition) is 3. The summed E-state index contributed by atoms with van der Waals surface area (Å²) < 4.78 is 3.21. The van der Waals surface area contributed by atoms with Crippen LogP contribution < -0.4 is 0 Å². The summed E-state index contributed by atoms with van der Waals surface area (Å²) in [5.41, 5.74) is 2.24. The zero-order chi connectivity index (χ0) is 16.2. The van der Waals surface area contributed by atoms with Gasteiger partial charge in [-0.3, -0.25) is 0 Å². The molecule has 118 valence electrons. The first kappa shape index (κ1) is 16.6. The summed E-state index contributed by atoms with van der Waals surface area (Å²) in [6.07, 6.45) is 0. The minimum absolute atomic E-state index is 0.705. The molecule has 0 unspecified atom stereocenters. The summed E-state index contributed by atoms with van der Waals surface area (Å²) in [6.45, 7) is 2.91. The highest BCUT2D eigenvalue weighted by molar-refractivity contribution is 9.10. The molecule has 0 aliphatic rings. The first-order chi connectivity index (χ1) is 11.2. The van der Waals surface area contributed by atoms with Gasteiger partial charge < -0.3 is 4.57 Å². The van der Waals surface area contributed by atoms with Crippen molar-refractivity contribution in [2.24, 2.45) is 0 Å². The van der Waals surface area contributed by atoms with Crippen molar-refractivity contribution in [2.45, 2.75) is 24.4 Å². The van der Waals surface area contributed by atoms with Gasteiger partial charge in [-0.15, -0.1) is 10.2 Å². The summed E-state index contributed by atoms with van der Waals surface area (Å²) in [6, 6.07) is 16.0. The van der Waals surface area contributed by atoms with Crippen molar-refractivity contribution in [3.05, 3.63) is 63.6 Å². The van der Waals surface area contributed by atoms with Gasteiger partial charge in [-0.05, 0) is 36.8 Å². The molecule has 3 rings (SSSR count). The minimum Gasteiger partial charge on any atom is -0.302 e. The molecule has 0 aliphatic carbocycles. The number of halogens is 2. The van der Waals surface area contributed by atoms with E-state index in [1.165, 1.54) is 5.56 Å². The highest BCUT2D eigenvalue weighted by Gasteiger charge is 2.13. The van der Waals surface area contributed by atoms with E-state index in [1.54, 1.807) is 11.8 Å². The summed E-state index contributed by atoms with van der Waals surface area (Å²) >= 11 is 11.3. The summed E-state index contributed by atoms with van der Waals surface area (Å²) in [7, 11) is 0. The predicted molar refractivity (Wildman–Crippen MR) is 99.8 cm³/mol. The highest BCUT2D eigenvalue weighted by Crippen LogP contribution is 2.28. The zero-order valence-corrected chi connectivity index (χ0v) is 15.7. The fourth-order valence-corrected chi connectivity index (χ4v) is 3.88. The Morgan fingerprint density at radius 2 is 1.96 bits per heavy atom. The van der Waals surface area contributed by atoms with E-state index >= 15 is 0 Å². The smallest absolute Gasteiger partial charge is 0.191 e. The fraction of sp³-hybridized carbons (Fsp3) is 0.176. The lowest BCUT2D eigenvalue weighted by Gasteiger charge is -2.08. The van der Waals surface area contributed by atoms with Gasteiger partial charge in [0.15, 0.2) is 11.0 Å². The quantitative estimate of drug-likeness (QED) is 0.509. The normalized spacial score (nSPS) is 10.9. The van der Waals surface area contributed by atoms with E-state index in [9.17, 15) is 0 Å². The van der Waals surface area contributed by atoms with E-state index in [-0.39, 0.29) is 0 Å². The van der Waals surface area contributed by atoms with Crippen molar-refractivity contribution in [3.8, 4) is 11.4 Å². The Morgan fingerprint density at radius 3 is 2.70 bits per heavy atom. The number of benzene rings is 2. The van der Waals surface area contributed by atoms with Crippen LogP contribution in [0.5, 0.6) is 0 Å². The zero-order valence-electron chi connectivity index (χ0n) is 12.5. The standard InChI is InChI=1S/C17H15BrClN3S/c1-2-22-16(13-6-4-8-15(19)10-13)20-21-17(22)23-11-12-5-3-7-14(18)9-12/h3-10H,2,11H2,1H3. The van der Waals surface area contributed by atoms with Crippen LogP contribution in [0.4, 0.5) is 0 Å². The van der Waals surface area contributed by atoms with Crippen molar-refractivity contribution in [1.29, 1.82) is 0 Å². The highest BCUT2D eigenvalue weighted by atomic mass is 79.9. The molecule has 0 aliphatic heterocycles. The van der Waals surface area contributed by atoms with Crippen LogP contribution in [0.1, 0.15) is 12.5 Å². The van der Waals surface area contributed by atoms with E-state index < -0.39 is 0 Å². The maximum atomic E-state index is 6.09. The molecule has 3 nitrogen and oxygen atoms in total. The molecule has 0 fully saturated rings. The molecule has 0 saturated heterocycles. The van der Waals surface area contributed by atoms with Gasteiger partial charge in [-0.1, -0.05) is 63.6 Å². The van der Waals surface area contributed by atoms with Gasteiger partial charge in [0.05, 0.1) is 0 Å². The van der Waals surface area contributed by atoms with Crippen LogP contribution in [0.2, 0.25) is 5.02 Å². The lowest BCUT2D eigenvalue weighted by molar-refractivity contribution is 0.687. The van der Waals surface area contributed by atoms with Crippen molar-refractivity contribution in [1.82, 2.24) is 14.8 Å². The maximum absolute atomic E-state index is 6.09. The average Bonchev–Trinajstić information content (AvgIpc) is 2.96. The molecule has 0 amide bonds. The van der Waals surface area contributed by atoms with Crippen LogP contribution in [0.3, 0.4) is 0 Å². The number of nitrogens with zero attached hydrogens (tertiary/aromatic N) is 3. The monoisotopic (exact) mass is 407 g/mol. The molecule has 0 spiro atoms. The van der Waals surface area contributed by atoms with E-state index in [4.69, 9.17) is 11.6 Å². The number of aromatic nitrogens is 3. The first-order valence-electron chi connectivity index (χ1n) is 7.23. The van der Waals surface area contributed by atoms with Crippen molar-refractivity contribution in [2.75, 3.05) is 0 Å². The molecule has 0 radical (unpaired) electrons. The molecule has 0 bridgehead atoms. The molecule has 23 heavy (non-hydrogen) atoms. The second-order valence-electron chi connectivity index (χ2n) is 4.98. The second-order valence-corrected chi connectivity index (χ2v) is 7.27. The molecular formula is C17H15BrClN3S. The molecule has 0 atom stereocenters. The SMILES string of the molecule is CCn1c(SCc2cccc(Br)c2)nnc1-c1cccc(Cl)c1. The van der Waals surface area contributed by atoms with Crippen molar-refractivity contribution in [3.63, 3.8) is 0 Å². The molecule has 3 aromatic rings. The number of thioether (sulfide) groups is 1. The van der Waals surface area contributed by atoms with E-state index in [0.29, 0.717) is 5.02 Å². The maximum Gasteiger partial charge on any atom is 0.191 e. The molecule has 0 N–H and O–H groups in total. The average molecular weight is 409 g/mol. The van der Waals surface area contributed by atoms with Gasteiger partial charge in [-0.2, -0.15) is 0 Å². The number of hydrogen-bond donors (Lipinski definition) is 0. The van der Waals surface area contributed by atoms with Crippen LogP contribution in [0.25, 0.3) is 11.4 Å². The van der Waals surface area contributed by atoms with E-state index in [1.807, 2.05) is 36.4 Å². The Bertz CT molecular complexity index is 819. The lowest BCUT2D eigenvalue weighted by Crippen LogP contribution is -1.99. The Hall–Kier alpha value is -1.30. The Balaban J connectivity index is 1.84. The van der Waals surface area contributed by atoms with Crippen molar-refractivity contribution < 1.29 is 0 Å². The van der Waals surface area contributed by atoms with Gasteiger partial charge in [0.2, 0.25) is 0 Å². The predicted octanol–water partition coefficient (Wildman–Crippen LogP) is 5.67. The third kappa shape index (κ3) is 3.97. The van der Waals surface area contributed by atoms with Crippen LogP contribution >= 0.6 is 39.3 Å². The van der Waals surface area contributed by atoms with Gasteiger partial charge in [0.25, 0.3) is 0 Å². The topological polar surface area (TPSA) is 30.7 Å². The largest absolute Gasteiger partial charge is 0.302 e. The molecule has 1 aromatic heterocycles.